The fraction of sp³-hybridized carbons (Fsp3) is 0. The molecule has 0 saturated carbocycles. The summed E-state index contributed by atoms with van der Waals surface area (Å²) < 4.78 is 6.46. The van der Waals surface area contributed by atoms with Gasteiger partial charge in [-0.1, -0.05) is 164 Å². The molecule has 4 heteroatoms. The molecule has 8 aromatic carbocycles. The summed E-state index contributed by atoms with van der Waals surface area (Å²) in [5, 5.41) is 6.69. The van der Waals surface area contributed by atoms with Crippen LogP contribution in [0.4, 0.5) is 0 Å². The van der Waals surface area contributed by atoms with Crippen LogP contribution in [-0.2, 0) is 0 Å². The number of para-hydroxylation sites is 2. The predicted octanol–water partition coefficient (Wildman–Crippen LogP) is 12.4. The van der Waals surface area contributed by atoms with Crippen LogP contribution < -0.4 is 0 Å². The third kappa shape index (κ3) is 5.04. The zero-order chi connectivity index (χ0) is 33.7. The number of rotatable bonds is 5. The van der Waals surface area contributed by atoms with Crippen LogP contribution in [0.3, 0.4) is 0 Å². The fourth-order valence-electron chi connectivity index (χ4n) is 7.21. The maximum atomic E-state index is 6.46. The largest absolute Gasteiger partial charge is 0.455 e. The number of hydrogen-bond donors (Lipinski definition) is 0. The number of hydrogen-bond acceptors (Lipinski definition) is 4. The van der Waals surface area contributed by atoms with Crippen molar-refractivity contribution in [2.24, 2.45) is 0 Å². The quantitative estimate of drug-likeness (QED) is 0.174. The Morgan fingerprint density at radius 1 is 0.314 bits per heavy atom. The van der Waals surface area contributed by atoms with Crippen LogP contribution in [0.1, 0.15) is 0 Å². The molecule has 0 saturated heterocycles. The summed E-state index contributed by atoms with van der Waals surface area (Å²) in [4.78, 5) is 15.5. The van der Waals surface area contributed by atoms with E-state index in [1.165, 1.54) is 16.5 Å². The Bertz CT molecular complexity index is 2890. The van der Waals surface area contributed by atoms with Gasteiger partial charge in [-0.25, -0.2) is 15.0 Å². The van der Waals surface area contributed by atoms with Crippen molar-refractivity contribution < 1.29 is 4.42 Å². The summed E-state index contributed by atoms with van der Waals surface area (Å²) in [5.41, 5.74) is 8.97. The first-order chi connectivity index (χ1) is 25.3. The van der Waals surface area contributed by atoms with Crippen molar-refractivity contribution in [2.45, 2.75) is 0 Å². The standard InChI is InChI=1S/C47H29N3O/c1-2-10-30(11-3-1)31-20-22-32(23-21-31)33-24-28-36(29-25-33)45-48-46(40-17-8-13-35-27-26-34-12-4-5-14-37(34)43(35)40)50-47(49-45)41-18-9-16-39-38-15-6-7-19-42(38)51-44(39)41/h1-29H. The van der Waals surface area contributed by atoms with Crippen molar-refractivity contribution >= 4 is 43.5 Å². The smallest absolute Gasteiger partial charge is 0.167 e. The van der Waals surface area contributed by atoms with Crippen LogP contribution in [0.15, 0.2) is 180 Å². The zero-order valence-corrected chi connectivity index (χ0v) is 27.5. The lowest BCUT2D eigenvalue weighted by molar-refractivity contribution is 0.669. The maximum Gasteiger partial charge on any atom is 0.167 e. The van der Waals surface area contributed by atoms with Crippen LogP contribution >= 0.6 is 0 Å². The van der Waals surface area contributed by atoms with Crippen molar-refractivity contribution in [3.63, 3.8) is 0 Å². The molecule has 0 aliphatic carbocycles. The fourth-order valence-corrected chi connectivity index (χ4v) is 7.21. The van der Waals surface area contributed by atoms with E-state index in [4.69, 9.17) is 19.4 Å². The van der Waals surface area contributed by atoms with Crippen molar-refractivity contribution in [1.82, 2.24) is 15.0 Å². The van der Waals surface area contributed by atoms with Crippen LogP contribution in [0, 0.1) is 0 Å². The van der Waals surface area contributed by atoms with Gasteiger partial charge >= 0.3 is 0 Å². The molecule has 0 atom stereocenters. The molecule has 0 N–H and O–H groups in total. The Balaban J connectivity index is 1.14. The molecule has 51 heavy (non-hydrogen) atoms. The molecule has 0 aliphatic heterocycles. The van der Waals surface area contributed by atoms with E-state index in [0.29, 0.717) is 17.5 Å². The van der Waals surface area contributed by atoms with Gasteiger partial charge in [-0.2, -0.15) is 0 Å². The molecule has 0 radical (unpaired) electrons. The monoisotopic (exact) mass is 651 g/mol. The zero-order valence-electron chi connectivity index (χ0n) is 27.5. The third-order valence-electron chi connectivity index (χ3n) is 9.76. The van der Waals surface area contributed by atoms with Crippen LogP contribution in [0.2, 0.25) is 0 Å². The average molecular weight is 652 g/mol. The van der Waals surface area contributed by atoms with Crippen LogP contribution in [0.5, 0.6) is 0 Å². The van der Waals surface area contributed by atoms with Gasteiger partial charge < -0.3 is 4.42 Å². The highest BCUT2D eigenvalue weighted by atomic mass is 16.3. The second-order valence-electron chi connectivity index (χ2n) is 12.8. The van der Waals surface area contributed by atoms with E-state index < -0.39 is 0 Å². The molecule has 0 aliphatic rings. The Hall–Kier alpha value is -6.91. The van der Waals surface area contributed by atoms with Crippen molar-refractivity contribution in [2.75, 3.05) is 0 Å². The third-order valence-corrected chi connectivity index (χ3v) is 9.76. The summed E-state index contributed by atoms with van der Waals surface area (Å²) in [6, 6.07) is 61.1. The molecule has 0 unspecified atom stereocenters. The first kappa shape index (κ1) is 29.0. The topological polar surface area (TPSA) is 51.8 Å². The van der Waals surface area contributed by atoms with E-state index in [0.717, 1.165) is 65.9 Å². The molecule has 0 amide bonds. The molecule has 10 aromatic rings. The van der Waals surface area contributed by atoms with E-state index in [1.807, 2.05) is 36.4 Å². The van der Waals surface area contributed by atoms with Gasteiger partial charge in [-0.15, -0.1) is 0 Å². The van der Waals surface area contributed by atoms with E-state index in [-0.39, 0.29) is 0 Å². The molecule has 0 spiro atoms. The van der Waals surface area contributed by atoms with Crippen molar-refractivity contribution in [3.05, 3.63) is 176 Å². The molecule has 4 nitrogen and oxygen atoms in total. The molecule has 10 rings (SSSR count). The Morgan fingerprint density at radius 2 is 0.824 bits per heavy atom. The summed E-state index contributed by atoms with van der Waals surface area (Å²) in [5.74, 6) is 1.79. The van der Waals surface area contributed by atoms with E-state index in [1.54, 1.807) is 0 Å². The van der Waals surface area contributed by atoms with Gasteiger partial charge in [-0.05, 0) is 50.5 Å². The van der Waals surface area contributed by atoms with E-state index >= 15 is 0 Å². The van der Waals surface area contributed by atoms with Gasteiger partial charge in [-0.3, -0.25) is 0 Å². The maximum absolute atomic E-state index is 6.46. The van der Waals surface area contributed by atoms with E-state index in [2.05, 4.69) is 140 Å². The minimum atomic E-state index is 0.567. The Morgan fingerprint density at radius 3 is 1.59 bits per heavy atom. The van der Waals surface area contributed by atoms with Gasteiger partial charge in [0.1, 0.15) is 11.2 Å². The van der Waals surface area contributed by atoms with Crippen LogP contribution in [-0.4, -0.2) is 15.0 Å². The Labute approximate surface area is 294 Å². The normalized spacial score (nSPS) is 11.5. The second-order valence-corrected chi connectivity index (χ2v) is 12.8. The Kier molecular flexibility index (Phi) is 6.78. The molecule has 2 aromatic heterocycles. The van der Waals surface area contributed by atoms with Gasteiger partial charge in [0.25, 0.3) is 0 Å². The molecule has 0 bridgehead atoms. The summed E-state index contributed by atoms with van der Waals surface area (Å²) in [7, 11) is 0. The number of fused-ring (bicyclic) bond motifs is 6. The highest BCUT2D eigenvalue weighted by Crippen LogP contribution is 2.38. The van der Waals surface area contributed by atoms with E-state index in [9.17, 15) is 0 Å². The lowest BCUT2D eigenvalue weighted by Crippen LogP contribution is -2.01. The number of benzene rings is 8. The second kappa shape index (κ2) is 11.9. The van der Waals surface area contributed by atoms with Gasteiger partial charge in [0.2, 0.25) is 0 Å². The molecular weight excluding hydrogens is 623 g/mol. The molecule has 2 heterocycles. The van der Waals surface area contributed by atoms with Gasteiger partial charge in [0.05, 0.1) is 5.56 Å². The SMILES string of the molecule is c1ccc(-c2ccc(-c3ccc(-c4nc(-c5cccc6c5oc5ccccc56)nc(-c5cccc6ccc7ccccc7c56)n4)cc3)cc2)cc1. The highest BCUT2D eigenvalue weighted by molar-refractivity contribution is 6.14. The lowest BCUT2D eigenvalue weighted by atomic mass is 9.97. The summed E-state index contributed by atoms with van der Waals surface area (Å²) in [6.07, 6.45) is 0. The number of nitrogens with zero attached hydrogens (tertiary/aromatic N) is 3. The van der Waals surface area contributed by atoms with Crippen molar-refractivity contribution in [3.8, 4) is 56.4 Å². The molecule has 0 fully saturated rings. The summed E-state index contributed by atoms with van der Waals surface area (Å²) in [6.45, 7) is 0. The molecule has 238 valence electrons. The van der Waals surface area contributed by atoms with Crippen molar-refractivity contribution in [1.29, 1.82) is 0 Å². The van der Waals surface area contributed by atoms with Gasteiger partial charge in [0.15, 0.2) is 17.5 Å². The highest BCUT2D eigenvalue weighted by Gasteiger charge is 2.19. The number of aromatic nitrogens is 3. The number of furan rings is 1. The molecular formula is C47H29N3O. The minimum absolute atomic E-state index is 0.567. The minimum Gasteiger partial charge on any atom is -0.455 e. The first-order valence-corrected chi connectivity index (χ1v) is 17.1. The average Bonchev–Trinajstić information content (AvgIpc) is 3.60. The van der Waals surface area contributed by atoms with Gasteiger partial charge in [0, 0.05) is 27.3 Å². The van der Waals surface area contributed by atoms with Crippen LogP contribution in [0.25, 0.3) is 99.9 Å². The predicted molar refractivity (Wildman–Crippen MR) is 209 cm³/mol. The summed E-state index contributed by atoms with van der Waals surface area (Å²) >= 11 is 0. The first-order valence-electron chi connectivity index (χ1n) is 17.1. The lowest BCUT2D eigenvalue weighted by Gasteiger charge is -2.12.